The van der Waals surface area contributed by atoms with Crippen LogP contribution in [0.2, 0.25) is 0 Å². The number of hydrogen-bond acceptors (Lipinski definition) is 2. The molecule has 1 aromatic carbocycles. The van der Waals surface area contributed by atoms with Crippen molar-refractivity contribution in [3.63, 3.8) is 0 Å². The van der Waals surface area contributed by atoms with Gasteiger partial charge >= 0.3 is 0 Å². The molecule has 0 spiro atoms. The van der Waals surface area contributed by atoms with Gasteiger partial charge < -0.3 is 0 Å². The summed E-state index contributed by atoms with van der Waals surface area (Å²) in [7, 11) is 1.91. The second kappa shape index (κ2) is 3.45. The molecule has 16 heavy (non-hydrogen) atoms. The number of hydrogen-bond donors (Lipinski definition) is 0. The Labute approximate surface area is 93.4 Å². The van der Waals surface area contributed by atoms with E-state index in [1.165, 1.54) is 5.39 Å². The summed E-state index contributed by atoms with van der Waals surface area (Å²) in [6.07, 6.45) is 5.70. The van der Waals surface area contributed by atoms with E-state index in [4.69, 9.17) is 0 Å². The largest absolute Gasteiger partial charge is 0.275 e. The Hall–Kier alpha value is -2.16. The minimum atomic E-state index is 0.965. The predicted molar refractivity (Wildman–Crippen MR) is 63.9 cm³/mol. The molecule has 0 aliphatic heterocycles. The maximum Gasteiger partial charge on any atom is 0.0739 e. The van der Waals surface area contributed by atoms with Crippen molar-refractivity contribution in [3.05, 3.63) is 48.9 Å². The molecule has 3 heteroatoms. The van der Waals surface area contributed by atoms with Crippen LogP contribution in [0.3, 0.4) is 0 Å². The van der Waals surface area contributed by atoms with Gasteiger partial charge in [0.15, 0.2) is 0 Å². The molecule has 0 N–H and O–H groups in total. The first kappa shape index (κ1) is 9.09. The number of aryl methyl sites for hydroxylation is 1. The van der Waals surface area contributed by atoms with Crippen LogP contribution in [0.4, 0.5) is 0 Å². The lowest BCUT2D eigenvalue weighted by Gasteiger charge is -1.99. The van der Waals surface area contributed by atoms with Crippen molar-refractivity contribution in [2.75, 3.05) is 0 Å². The lowest BCUT2D eigenvalue weighted by atomic mass is 10.1. The van der Waals surface area contributed by atoms with E-state index in [0.29, 0.717) is 0 Å². The van der Waals surface area contributed by atoms with E-state index in [1.54, 1.807) is 4.68 Å². The molecule has 0 bridgehead atoms. The van der Waals surface area contributed by atoms with E-state index in [2.05, 4.69) is 28.3 Å². The summed E-state index contributed by atoms with van der Waals surface area (Å²) in [6, 6.07) is 10.3. The number of fused-ring (bicyclic) bond motifs is 1. The summed E-state index contributed by atoms with van der Waals surface area (Å²) < 4.78 is 1.78. The third-order valence-corrected chi connectivity index (χ3v) is 2.63. The SMILES string of the molecule is Cn1cc(-c2cc3ccccc3cn2)cn1. The van der Waals surface area contributed by atoms with Gasteiger partial charge in [0.2, 0.25) is 0 Å². The average molecular weight is 209 g/mol. The summed E-state index contributed by atoms with van der Waals surface area (Å²) in [5.74, 6) is 0. The normalized spacial score (nSPS) is 10.8. The van der Waals surface area contributed by atoms with Gasteiger partial charge in [-0.2, -0.15) is 5.10 Å². The molecule has 0 atom stereocenters. The van der Waals surface area contributed by atoms with Crippen LogP contribution in [0.5, 0.6) is 0 Å². The summed E-state index contributed by atoms with van der Waals surface area (Å²) in [4.78, 5) is 4.44. The van der Waals surface area contributed by atoms with Crippen LogP contribution < -0.4 is 0 Å². The van der Waals surface area contributed by atoms with Crippen LogP contribution >= 0.6 is 0 Å². The molecule has 3 rings (SSSR count). The highest BCUT2D eigenvalue weighted by atomic mass is 15.2. The molecule has 3 nitrogen and oxygen atoms in total. The minimum absolute atomic E-state index is 0.965. The zero-order chi connectivity index (χ0) is 11.0. The number of rotatable bonds is 1. The maximum absolute atomic E-state index is 4.44. The lowest BCUT2D eigenvalue weighted by molar-refractivity contribution is 0.768. The molecule has 3 aromatic rings. The van der Waals surface area contributed by atoms with E-state index >= 15 is 0 Å². The topological polar surface area (TPSA) is 30.7 Å². The van der Waals surface area contributed by atoms with E-state index in [-0.39, 0.29) is 0 Å². The molecule has 78 valence electrons. The Morgan fingerprint density at radius 3 is 2.62 bits per heavy atom. The van der Waals surface area contributed by atoms with Crippen molar-refractivity contribution in [3.8, 4) is 11.3 Å². The first-order chi connectivity index (χ1) is 7.83. The van der Waals surface area contributed by atoms with Gasteiger partial charge in [-0.05, 0) is 11.5 Å². The van der Waals surface area contributed by atoms with E-state index in [0.717, 1.165) is 16.6 Å². The van der Waals surface area contributed by atoms with Gasteiger partial charge in [0.1, 0.15) is 0 Å². The number of benzene rings is 1. The standard InChI is InChI=1S/C13H11N3/c1-16-9-12(8-15-16)13-6-10-4-2-3-5-11(10)7-14-13/h2-9H,1H3. The van der Waals surface area contributed by atoms with Gasteiger partial charge in [0.05, 0.1) is 11.9 Å². The summed E-state index contributed by atoms with van der Waals surface area (Å²) >= 11 is 0. The summed E-state index contributed by atoms with van der Waals surface area (Å²) in [5, 5.41) is 6.52. The van der Waals surface area contributed by atoms with Crippen LogP contribution in [-0.4, -0.2) is 14.8 Å². The molecular formula is C13H11N3. The fourth-order valence-electron chi connectivity index (χ4n) is 1.79. The van der Waals surface area contributed by atoms with Crippen molar-refractivity contribution >= 4 is 10.8 Å². The molecule has 0 aliphatic carbocycles. The van der Waals surface area contributed by atoms with Gasteiger partial charge in [-0.25, -0.2) is 0 Å². The Kier molecular flexibility index (Phi) is 1.96. The average Bonchev–Trinajstić information content (AvgIpc) is 2.75. The quantitative estimate of drug-likeness (QED) is 0.616. The highest BCUT2D eigenvalue weighted by Crippen LogP contribution is 2.20. The molecule has 0 radical (unpaired) electrons. The van der Waals surface area contributed by atoms with Gasteiger partial charge in [0, 0.05) is 30.4 Å². The minimum Gasteiger partial charge on any atom is -0.275 e. The van der Waals surface area contributed by atoms with Gasteiger partial charge in [-0.1, -0.05) is 24.3 Å². The van der Waals surface area contributed by atoms with Crippen LogP contribution in [-0.2, 0) is 7.05 Å². The number of aromatic nitrogens is 3. The Balaban J connectivity index is 2.18. The van der Waals surface area contributed by atoms with Crippen molar-refractivity contribution in [2.45, 2.75) is 0 Å². The second-order valence-corrected chi connectivity index (χ2v) is 3.82. The smallest absolute Gasteiger partial charge is 0.0739 e. The molecule has 2 heterocycles. The molecule has 0 saturated carbocycles. The predicted octanol–water partition coefficient (Wildman–Crippen LogP) is 2.64. The zero-order valence-corrected chi connectivity index (χ0v) is 8.96. The van der Waals surface area contributed by atoms with Crippen molar-refractivity contribution in [1.29, 1.82) is 0 Å². The van der Waals surface area contributed by atoms with E-state index in [1.807, 2.05) is 37.8 Å². The zero-order valence-electron chi connectivity index (χ0n) is 8.96. The van der Waals surface area contributed by atoms with Gasteiger partial charge in [0.25, 0.3) is 0 Å². The van der Waals surface area contributed by atoms with Crippen LogP contribution in [0.25, 0.3) is 22.0 Å². The molecular weight excluding hydrogens is 198 g/mol. The molecule has 0 aliphatic rings. The van der Waals surface area contributed by atoms with E-state index < -0.39 is 0 Å². The van der Waals surface area contributed by atoms with Crippen LogP contribution in [0.1, 0.15) is 0 Å². The number of pyridine rings is 1. The van der Waals surface area contributed by atoms with Crippen molar-refractivity contribution in [2.24, 2.45) is 7.05 Å². The monoisotopic (exact) mass is 209 g/mol. The van der Waals surface area contributed by atoms with Gasteiger partial charge in [-0.15, -0.1) is 0 Å². The van der Waals surface area contributed by atoms with Crippen molar-refractivity contribution < 1.29 is 0 Å². The second-order valence-electron chi connectivity index (χ2n) is 3.82. The lowest BCUT2D eigenvalue weighted by Crippen LogP contribution is -1.85. The summed E-state index contributed by atoms with van der Waals surface area (Å²) in [6.45, 7) is 0. The first-order valence-corrected chi connectivity index (χ1v) is 5.17. The number of nitrogens with zero attached hydrogens (tertiary/aromatic N) is 3. The van der Waals surface area contributed by atoms with Crippen LogP contribution in [0.15, 0.2) is 48.9 Å². The molecule has 0 saturated heterocycles. The van der Waals surface area contributed by atoms with E-state index in [9.17, 15) is 0 Å². The van der Waals surface area contributed by atoms with Crippen molar-refractivity contribution in [1.82, 2.24) is 14.8 Å². The molecule has 0 amide bonds. The third-order valence-electron chi connectivity index (χ3n) is 2.63. The Morgan fingerprint density at radius 2 is 1.88 bits per heavy atom. The van der Waals surface area contributed by atoms with Crippen LogP contribution in [0, 0.1) is 0 Å². The Bertz CT molecular complexity index is 640. The molecule has 0 fully saturated rings. The fourth-order valence-corrected chi connectivity index (χ4v) is 1.79. The maximum atomic E-state index is 4.44. The molecule has 0 unspecified atom stereocenters. The van der Waals surface area contributed by atoms with Gasteiger partial charge in [-0.3, -0.25) is 9.67 Å². The Morgan fingerprint density at radius 1 is 1.06 bits per heavy atom. The summed E-state index contributed by atoms with van der Waals surface area (Å²) in [5.41, 5.74) is 2.01. The first-order valence-electron chi connectivity index (χ1n) is 5.17. The molecule has 2 aromatic heterocycles. The highest BCUT2D eigenvalue weighted by molar-refractivity contribution is 5.84. The highest BCUT2D eigenvalue weighted by Gasteiger charge is 2.02. The fraction of sp³-hybridized carbons (Fsp3) is 0.0769. The third kappa shape index (κ3) is 1.46.